The number of hydrogen-bond donors (Lipinski definition) is 2. The lowest BCUT2D eigenvalue weighted by atomic mass is 9.93. The van der Waals surface area contributed by atoms with Crippen molar-refractivity contribution in [3.8, 4) is 0 Å². The average molecular weight is 292 g/mol. The lowest BCUT2D eigenvalue weighted by Crippen LogP contribution is -2.35. The van der Waals surface area contributed by atoms with Crippen LogP contribution >= 0.6 is 0 Å². The van der Waals surface area contributed by atoms with Crippen LogP contribution in [0.5, 0.6) is 0 Å². The molecule has 6 nitrogen and oxygen atoms in total. The van der Waals surface area contributed by atoms with E-state index in [0.29, 0.717) is 23.9 Å². The van der Waals surface area contributed by atoms with Crippen LogP contribution in [-0.2, 0) is 4.74 Å². The number of nitrogens with one attached hydrogen (secondary N) is 1. The average Bonchev–Trinajstić information content (AvgIpc) is 2.93. The van der Waals surface area contributed by atoms with E-state index in [1.165, 1.54) is 18.3 Å². The summed E-state index contributed by atoms with van der Waals surface area (Å²) in [4.78, 5) is 26.5. The van der Waals surface area contributed by atoms with E-state index in [-0.39, 0.29) is 17.7 Å². The van der Waals surface area contributed by atoms with Gasteiger partial charge >= 0.3 is 5.97 Å². The zero-order chi connectivity index (χ0) is 15.4. The van der Waals surface area contributed by atoms with Crippen molar-refractivity contribution in [1.82, 2.24) is 10.3 Å². The molecule has 1 saturated heterocycles. The van der Waals surface area contributed by atoms with Crippen LogP contribution in [0.15, 0.2) is 18.3 Å². The molecule has 1 aliphatic heterocycles. The van der Waals surface area contributed by atoms with E-state index in [2.05, 4.69) is 24.1 Å². The molecular formula is C15H20N2O4. The van der Waals surface area contributed by atoms with E-state index in [1.807, 2.05) is 0 Å². The van der Waals surface area contributed by atoms with Crippen molar-refractivity contribution in [2.24, 2.45) is 11.8 Å². The summed E-state index contributed by atoms with van der Waals surface area (Å²) in [6.07, 6.45) is 2.40. The van der Waals surface area contributed by atoms with Crippen molar-refractivity contribution in [2.75, 3.05) is 13.2 Å². The first-order chi connectivity index (χ1) is 9.99. The maximum Gasteiger partial charge on any atom is 0.354 e. The van der Waals surface area contributed by atoms with E-state index in [0.717, 1.165) is 13.0 Å². The minimum atomic E-state index is -1.11. The van der Waals surface area contributed by atoms with Crippen molar-refractivity contribution >= 4 is 11.9 Å². The number of pyridine rings is 1. The van der Waals surface area contributed by atoms with Crippen molar-refractivity contribution < 1.29 is 19.4 Å². The van der Waals surface area contributed by atoms with Crippen molar-refractivity contribution in [3.05, 3.63) is 29.6 Å². The standard InChI is InChI=1S/C15H20N2O4/c1-9(2)13-10(5-6-21-13)7-17-14(18)11-3-4-12(15(19)20)16-8-11/h3-4,8-10,13H,5-7H2,1-2H3,(H,17,18)(H,19,20). The van der Waals surface area contributed by atoms with Crippen LogP contribution < -0.4 is 5.32 Å². The van der Waals surface area contributed by atoms with E-state index >= 15 is 0 Å². The molecule has 6 heteroatoms. The minimum absolute atomic E-state index is 0.0735. The number of carbonyl (C=O) groups excluding carboxylic acids is 1. The monoisotopic (exact) mass is 292 g/mol. The number of carboxylic acids is 1. The van der Waals surface area contributed by atoms with Crippen LogP contribution in [0.3, 0.4) is 0 Å². The predicted octanol–water partition coefficient (Wildman–Crippen LogP) is 1.57. The van der Waals surface area contributed by atoms with Crippen molar-refractivity contribution in [1.29, 1.82) is 0 Å². The maximum atomic E-state index is 12.0. The van der Waals surface area contributed by atoms with E-state index < -0.39 is 5.97 Å². The predicted molar refractivity (Wildman–Crippen MR) is 76.2 cm³/mol. The van der Waals surface area contributed by atoms with Gasteiger partial charge in [0.05, 0.1) is 11.7 Å². The van der Waals surface area contributed by atoms with Crippen LogP contribution in [0.2, 0.25) is 0 Å². The van der Waals surface area contributed by atoms with E-state index in [1.54, 1.807) is 0 Å². The van der Waals surface area contributed by atoms with Gasteiger partial charge in [0.25, 0.3) is 5.91 Å². The van der Waals surface area contributed by atoms with Gasteiger partial charge in [0.2, 0.25) is 0 Å². The number of nitrogens with zero attached hydrogens (tertiary/aromatic N) is 1. The third-order valence-electron chi connectivity index (χ3n) is 3.69. The molecule has 0 radical (unpaired) electrons. The zero-order valence-electron chi connectivity index (χ0n) is 12.2. The highest BCUT2D eigenvalue weighted by Crippen LogP contribution is 2.26. The van der Waals surface area contributed by atoms with E-state index in [4.69, 9.17) is 9.84 Å². The van der Waals surface area contributed by atoms with Crippen LogP contribution in [-0.4, -0.2) is 41.2 Å². The molecule has 1 aromatic heterocycles. The summed E-state index contributed by atoms with van der Waals surface area (Å²) >= 11 is 0. The SMILES string of the molecule is CC(C)C1OCCC1CNC(=O)c1ccc(C(=O)O)nc1. The molecule has 1 amide bonds. The quantitative estimate of drug-likeness (QED) is 0.860. The second kappa shape index (κ2) is 6.67. The molecule has 0 aromatic carbocycles. The molecule has 2 unspecified atom stereocenters. The summed E-state index contributed by atoms with van der Waals surface area (Å²) < 4.78 is 5.68. The molecule has 2 atom stereocenters. The molecule has 0 bridgehead atoms. The van der Waals surface area contributed by atoms with E-state index in [9.17, 15) is 9.59 Å². The van der Waals surface area contributed by atoms with Gasteiger partial charge in [-0.1, -0.05) is 13.8 Å². The zero-order valence-corrected chi connectivity index (χ0v) is 12.2. The number of amides is 1. The number of rotatable bonds is 5. The van der Waals surface area contributed by atoms with Crippen LogP contribution in [0.25, 0.3) is 0 Å². The highest BCUT2D eigenvalue weighted by Gasteiger charge is 2.30. The van der Waals surface area contributed by atoms with Gasteiger partial charge in [-0.15, -0.1) is 0 Å². The summed E-state index contributed by atoms with van der Waals surface area (Å²) in [7, 11) is 0. The molecule has 0 spiro atoms. The largest absolute Gasteiger partial charge is 0.477 e. The molecular weight excluding hydrogens is 272 g/mol. The Bertz CT molecular complexity index is 513. The van der Waals surface area contributed by atoms with Gasteiger partial charge in [-0.3, -0.25) is 4.79 Å². The van der Waals surface area contributed by atoms with Gasteiger partial charge < -0.3 is 15.2 Å². The Hall–Kier alpha value is -1.95. The van der Waals surface area contributed by atoms with Gasteiger partial charge in [-0.25, -0.2) is 9.78 Å². The number of carboxylic acid groups (broad SMARTS) is 1. The van der Waals surface area contributed by atoms with Crippen molar-refractivity contribution in [2.45, 2.75) is 26.4 Å². The maximum absolute atomic E-state index is 12.0. The molecule has 0 saturated carbocycles. The smallest absolute Gasteiger partial charge is 0.354 e. The summed E-state index contributed by atoms with van der Waals surface area (Å²) in [6, 6.07) is 2.80. The first-order valence-electron chi connectivity index (χ1n) is 7.08. The van der Waals surface area contributed by atoms with Gasteiger partial charge in [-0.2, -0.15) is 0 Å². The molecule has 2 heterocycles. The number of ether oxygens (including phenoxy) is 1. The fraction of sp³-hybridized carbons (Fsp3) is 0.533. The number of aromatic carboxylic acids is 1. The Labute approximate surface area is 123 Å². The Morgan fingerprint density at radius 3 is 2.81 bits per heavy atom. The molecule has 1 aromatic rings. The summed E-state index contributed by atoms with van der Waals surface area (Å²) in [5.41, 5.74) is 0.288. The van der Waals surface area contributed by atoms with Gasteiger partial charge in [0.15, 0.2) is 0 Å². The first-order valence-corrected chi connectivity index (χ1v) is 7.08. The highest BCUT2D eigenvalue weighted by molar-refractivity contribution is 5.94. The Morgan fingerprint density at radius 1 is 1.48 bits per heavy atom. The molecule has 2 N–H and O–H groups in total. The lowest BCUT2D eigenvalue weighted by molar-refractivity contribution is 0.0533. The fourth-order valence-electron chi connectivity index (χ4n) is 2.59. The molecule has 1 aliphatic rings. The fourth-order valence-corrected chi connectivity index (χ4v) is 2.59. The van der Waals surface area contributed by atoms with Gasteiger partial charge in [0.1, 0.15) is 5.69 Å². The van der Waals surface area contributed by atoms with Gasteiger partial charge in [0, 0.05) is 25.3 Å². The second-order valence-electron chi connectivity index (χ2n) is 5.58. The molecule has 114 valence electrons. The molecule has 2 rings (SSSR count). The first kappa shape index (κ1) is 15.4. The molecule has 21 heavy (non-hydrogen) atoms. The summed E-state index contributed by atoms with van der Waals surface area (Å²) in [5, 5.41) is 11.6. The molecule has 1 fully saturated rings. The Balaban J connectivity index is 1.91. The summed E-state index contributed by atoms with van der Waals surface area (Å²) in [6.45, 7) is 5.51. The highest BCUT2D eigenvalue weighted by atomic mass is 16.5. The topological polar surface area (TPSA) is 88.5 Å². The third kappa shape index (κ3) is 3.78. The third-order valence-corrected chi connectivity index (χ3v) is 3.69. The summed E-state index contributed by atoms with van der Waals surface area (Å²) in [5.74, 6) is -0.607. The van der Waals surface area contributed by atoms with Crippen LogP contribution in [0, 0.1) is 11.8 Å². The molecule has 0 aliphatic carbocycles. The van der Waals surface area contributed by atoms with Crippen molar-refractivity contribution in [3.63, 3.8) is 0 Å². The Morgan fingerprint density at radius 2 is 2.24 bits per heavy atom. The number of carbonyl (C=O) groups is 2. The normalized spacial score (nSPS) is 21.5. The van der Waals surface area contributed by atoms with Crippen LogP contribution in [0.4, 0.5) is 0 Å². The number of hydrogen-bond acceptors (Lipinski definition) is 4. The second-order valence-corrected chi connectivity index (χ2v) is 5.58. The minimum Gasteiger partial charge on any atom is -0.477 e. The van der Waals surface area contributed by atoms with Crippen LogP contribution in [0.1, 0.15) is 41.1 Å². The Kier molecular flexibility index (Phi) is 4.90. The lowest BCUT2D eigenvalue weighted by Gasteiger charge is -2.22. The number of aromatic nitrogens is 1. The van der Waals surface area contributed by atoms with Gasteiger partial charge in [-0.05, 0) is 24.5 Å².